The van der Waals surface area contributed by atoms with Crippen LogP contribution >= 0.6 is 0 Å². The summed E-state index contributed by atoms with van der Waals surface area (Å²) in [7, 11) is 0. The molecule has 0 unspecified atom stereocenters. The molecule has 0 aliphatic carbocycles. The van der Waals surface area contributed by atoms with Crippen LogP contribution in [0.5, 0.6) is 0 Å². The topological polar surface area (TPSA) is 71.5 Å². The molecule has 0 aliphatic rings. The fraction of sp³-hybridized carbons (Fsp3) is 0.200. The summed E-state index contributed by atoms with van der Waals surface area (Å²) in [4.78, 5) is 25.9. The predicted molar refractivity (Wildman–Crippen MR) is 55.3 cm³/mol. The van der Waals surface area contributed by atoms with Gasteiger partial charge in [-0.1, -0.05) is 6.92 Å². The number of nitrogens with zero attached hydrogens (tertiary/aromatic N) is 3. The van der Waals surface area contributed by atoms with E-state index in [1.54, 1.807) is 12.3 Å². The number of hydrogen-bond acceptors (Lipinski definition) is 4. The Morgan fingerprint density at radius 1 is 1.33 bits per heavy atom. The lowest BCUT2D eigenvalue weighted by Crippen LogP contribution is -2.05. The van der Waals surface area contributed by atoms with Gasteiger partial charge in [-0.05, 0) is 6.07 Å². The lowest BCUT2D eigenvalue weighted by molar-refractivity contribution is 0.938. The normalized spacial score (nSPS) is 10.2. The number of nitrogens with one attached hydrogen (secondary N) is 1. The summed E-state index contributed by atoms with van der Waals surface area (Å²) in [6.07, 6.45) is 3.80. The van der Waals surface area contributed by atoms with Crippen LogP contribution in [-0.4, -0.2) is 19.9 Å². The van der Waals surface area contributed by atoms with Crippen LogP contribution in [0.15, 0.2) is 29.5 Å². The van der Waals surface area contributed by atoms with E-state index < -0.39 is 0 Å². The van der Waals surface area contributed by atoms with E-state index in [1.807, 2.05) is 6.92 Å². The molecule has 0 amide bonds. The van der Waals surface area contributed by atoms with Crippen molar-refractivity contribution in [3.05, 3.63) is 40.8 Å². The lowest BCUT2D eigenvalue weighted by atomic mass is 10.3. The van der Waals surface area contributed by atoms with Crippen LogP contribution in [0, 0.1) is 0 Å². The molecular weight excluding hydrogens is 192 g/mol. The summed E-state index contributed by atoms with van der Waals surface area (Å²) in [6, 6.07) is 3.16. The molecule has 2 aromatic rings. The molecule has 0 fully saturated rings. The zero-order valence-corrected chi connectivity index (χ0v) is 8.27. The van der Waals surface area contributed by atoms with Gasteiger partial charge in [-0.15, -0.1) is 0 Å². The van der Waals surface area contributed by atoms with Crippen LogP contribution in [0.25, 0.3) is 11.4 Å². The molecule has 15 heavy (non-hydrogen) atoms. The summed E-state index contributed by atoms with van der Waals surface area (Å²) >= 11 is 0. The van der Waals surface area contributed by atoms with Crippen molar-refractivity contribution in [3.63, 3.8) is 0 Å². The van der Waals surface area contributed by atoms with Crippen LogP contribution in [-0.2, 0) is 6.42 Å². The zero-order valence-electron chi connectivity index (χ0n) is 8.27. The average molecular weight is 202 g/mol. The van der Waals surface area contributed by atoms with Gasteiger partial charge in [0.25, 0.3) is 5.56 Å². The highest BCUT2D eigenvalue weighted by atomic mass is 16.1. The number of aryl methyl sites for hydroxylation is 1. The Kier molecular flexibility index (Phi) is 2.53. The van der Waals surface area contributed by atoms with Crippen molar-refractivity contribution < 1.29 is 0 Å². The molecule has 0 aliphatic heterocycles. The molecule has 2 rings (SSSR count). The molecule has 0 atom stereocenters. The summed E-state index contributed by atoms with van der Waals surface area (Å²) in [6.45, 7) is 1.98. The van der Waals surface area contributed by atoms with E-state index in [0.29, 0.717) is 11.4 Å². The van der Waals surface area contributed by atoms with Gasteiger partial charge in [0.15, 0.2) is 0 Å². The van der Waals surface area contributed by atoms with Crippen LogP contribution in [0.1, 0.15) is 12.7 Å². The fourth-order valence-corrected chi connectivity index (χ4v) is 1.22. The Bertz CT molecular complexity index is 521. The highest BCUT2D eigenvalue weighted by Gasteiger charge is 2.02. The van der Waals surface area contributed by atoms with Gasteiger partial charge in [-0.25, -0.2) is 15.0 Å². The van der Waals surface area contributed by atoms with E-state index >= 15 is 0 Å². The second-order valence-corrected chi connectivity index (χ2v) is 3.01. The first-order chi connectivity index (χ1) is 7.29. The molecule has 0 radical (unpaired) electrons. The molecule has 2 heterocycles. The minimum absolute atomic E-state index is 0.184. The Balaban J connectivity index is 2.49. The van der Waals surface area contributed by atoms with Crippen molar-refractivity contribution in [3.8, 4) is 11.4 Å². The Labute approximate surface area is 86.3 Å². The van der Waals surface area contributed by atoms with Crippen molar-refractivity contribution in [2.45, 2.75) is 13.3 Å². The van der Waals surface area contributed by atoms with Crippen LogP contribution in [0.2, 0.25) is 0 Å². The molecule has 0 saturated heterocycles. The standard InChI is InChI=1S/C10H10N4O/c1-2-9-11-4-3-7(14-9)8-5-10(15)13-6-12-8/h3-6H,2H2,1H3,(H,12,13,15). The molecule has 76 valence electrons. The van der Waals surface area contributed by atoms with Crippen molar-refractivity contribution in [1.82, 2.24) is 19.9 Å². The highest BCUT2D eigenvalue weighted by molar-refractivity contribution is 5.52. The maximum absolute atomic E-state index is 11.1. The summed E-state index contributed by atoms with van der Waals surface area (Å²) in [5, 5.41) is 0. The second kappa shape index (κ2) is 4.00. The molecule has 0 aromatic carbocycles. The van der Waals surface area contributed by atoms with Gasteiger partial charge in [0, 0.05) is 18.7 Å². The van der Waals surface area contributed by atoms with E-state index in [0.717, 1.165) is 12.2 Å². The van der Waals surface area contributed by atoms with E-state index in [-0.39, 0.29) is 5.56 Å². The summed E-state index contributed by atoms with van der Waals surface area (Å²) in [5.41, 5.74) is 1.06. The van der Waals surface area contributed by atoms with Gasteiger partial charge in [0.1, 0.15) is 5.82 Å². The van der Waals surface area contributed by atoms with Crippen molar-refractivity contribution in [2.24, 2.45) is 0 Å². The van der Waals surface area contributed by atoms with Gasteiger partial charge in [-0.2, -0.15) is 0 Å². The predicted octanol–water partition coefficient (Wildman–Crippen LogP) is 0.789. The van der Waals surface area contributed by atoms with E-state index in [9.17, 15) is 4.79 Å². The molecule has 5 heteroatoms. The smallest absolute Gasteiger partial charge is 0.251 e. The average Bonchev–Trinajstić information content (AvgIpc) is 2.29. The van der Waals surface area contributed by atoms with E-state index in [4.69, 9.17) is 0 Å². The maximum Gasteiger partial charge on any atom is 0.251 e. The largest absolute Gasteiger partial charge is 0.313 e. The van der Waals surface area contributed by atoms with Crippen molar-refractivity contribution >= 4 is 0 Å². The van der Waals surface area contributed by atoms with Gasteiger partial charge in [0.05, 0.1) is 17.7 Å². The molecule has 0 bridgehead atoms. The number of hydrogen-bond donors (Lipinski definition) is 1. The zero-order chi connectivity index (χ0) is 10.7. The van der Waals surface area contributed by atoms with E-state index in [2.05, 4.69) is 19.9 Å². The van der Waals surface area contributed by atoms with Crippen molar-refractivity contribution in [1.29, 1.82) is 0 Å². The minimum Gasteiger partial charge on any atom is -0.313 e. The number of aromatic amines is 1. The van der Waals surface area contributed by atoms with Gasteiger partial charge < -0.3 is 4.98 Å². The Morgan fingerprint density at radius 3 is 2.93 bits per heavy atom. The van der Waals surface area contributed by atoms with E-state index in [1.165, 1.54) is 12.4 Å². The molecule has 2 aromatic heterocycles. The molecule has 5 nitrogen and oxygen atoms in total. The molecule has 1 N–H and O–H groups in total. The van der Waals surface area contributed by atoms with Crippen molar-refractivity contribution in [2.75, 3.05) is 0 Å². The fourth-order valence-electron chi connectivity index (χ4n) is 1.22. The second-order valence-electron chi connectivity index (χ2n) is 3.01. The first kappa shape index (κ1) is 9.51. The molecule has 0 saturated carbocycles. The Hall–Kier alpha value is -2.04. The maximum atomic E-state index is 11.1. The minimum atomic E-state index is -0.184. The molecule has 0 spiro atoms. The lowest BCUT2D eigenvalue weighted by Gasteiger charge is -2.00. The summed E-state index contributed by atoms with van der Waals surface area (Å²) in [5.74, 6) is 0.745. The van der Waals surface area contributed by atoms with Crippen LogP contribution in [0.4, 0.5) is 0 Å². The first-order valence-electron chi connectivity index (χ1n) is 4.66. The van der Waals surface area contributed by atoms with Gasteiger partial charge in [0.2, 0.25) is 0 Å². The first-order valence-corrected chi connectivity index (χ1v) is 4.66. The monoisotopic (exact) mass is 202 g/mol. The number of H-pyrrole nitrogens is 1. The van der Waals surface area contributed by atoms with Crippen LogP contribution < -0.4 is 5.56 Å². The summed E-state index contributed by atoms with van der Waals surface area (Å²) < 4.78 is 0. The highest BCUT2D eigenvalue weighted by Crippen LogP contribution is 2.10. The number of rotatable bonds is 2. The SMILES string of the molecule is CCc1nccc(-c2cc(=O)[nH]cn2)n1. The van der Waals surface area contributed by atoms with Crippen LogP contribution in [0.3, 0.4) is 0 Å². The number of aromatic nitrogens is 4. The third-order valence-electron chi connectivity index (χ3n) is 1.96. The quantitative estimate of drug-likeness (QED) is 0.781. The third-order valence-corrected chi connectivity index (χ3v) is 1.96. The third kappa shape index (κ3) is 2.07. The van der Waals surface area contributed by atoms with Gasteiger partial charge >= 0.3 is 0 Å². The molecular formula is C10H10N4O. The van der Waals surface area contributed by atoms with Gasteiger partial charge in [-0.3, -0.25) is 4.79 Å². The Morgan fingerprint density at radius 2 is 2.20 bits per heavy atom.